The molecule has 6 nitrogen and oxygen atoms in total. The molecule has 0 spiro atoms. The highest BCUT2D eigenvalue weighted by molar-refractivity contribution is 7.90. The molecule has 3 unspecified atom stereocenters. The Balaban J connectivity index is 1.52. The van der Waals surface area contributed by atoms with Crippen molar-refractivity contribution in [1.29, 1.82) is 0 Å². The summed E-state index contributed by atoms with van der Waals surface area (Å²) in [5.41, 5.74) is 0.452. The Labute approximate surface area is 156 Å². The molecule has 3 rings (SSSR count). The lowest BCUT2D eigenvalue weighted by molar-refractivity contribution is 0.0935. The van der Waals surface area contributed by atoms with Gasteiger partial charge in [0.2, 0.25) is 10.0 Å². The lowest BCUT2D eigenvalue weighted by atomic mass is 9.86. The van der Waals surface area contributed by atoms with Gasteiger partial charge in [0.1, 0.15) is 0 Å². The summed E-state index contributed by atoms with van der Waals surface area (Å²) >= 11 is 0. The van der Waals surface area contributed by atoms with Gasteiger partial charge in [-0.3, -0.25) is 4.79 Å². The summed E-state index contributed by atoms with van der Waals surface area (Å²) in [5, 5.41) is 6.11. The minimum atomic E-state index is -3.21. The fraction of sp³-hybridized carbons (Fsp3) is 0.632. The number of nitrogens with one attached hydrogen (secondary N) is 3. The number of fused-ring (bicyclic) bond motifs is 1. The molecule has 3 N–H and O–H groups in total. The van der Waals surface area contributed by atoms with E-state index in [9.17, 15) is 13.2 Å². The van der Waals surface area contributed by atoms with Crippen molar-refractivity contribution in [2.75, 3.05) is 13.1 Å². The lowest BCUT2D eigenvalue weighted by Crippen LogP contribution is -2.49. The molecule has 144 valence electrons. The van der Waals surface area contributed by atoms with Crippen LogP contribution in [0.1, 0.15) is 49.9 Å². The molecule has 0 aromatic heterocycles. The van der Waals surface area contributed by atoms with Gasteiger partial charge < -0.3 is 10.6 Å². The predicted molar refractivity (Wildman–Crippen MR) is 102 cm³/mol. The number of rotatable bonds is 6. The molecule has 1 saturated carbocycles. The van der Waals surface area contributed by atoms with Crippen LogP contribution < -0.4 is 15.4 Å². The van der Waals surface area contributed by atoms with E-state index in [2.05, 4.69) is 29.2 Å². The van der Waals surface area contributed by atoms with Gasteiger partial charge in [-0.1, -0.05) is 44.9 Å². The molecule has 1 aromatic rings. The third-order valence-electron chi connectivity index (χ3n) is 5.44. The molecule has 7 heteroatoms. The Hall–Kier alpha value is -1.44. The molecule has 0 bridgehead atoms. The summed E-state index contributed by atoms with van der Waals surface area (Å²) in [7, 11) is -3.21. The summed E-state index contributed by atoms with van der Waals surface area (Å²) in [6.45, 7) is 5.26. The van der Waals surface area contributed by atoms with Crippen LogP contribution in [0.25, 0.3) is 0 Å². The molecule has 2 aliphatic rings. The number of hydrogen-bond acceptors (Lipinski definition) is 4. The van der Waals surface area contributed by atoms with Gasteiger partial charge in [-0.2, -0.15) is 4.72 Å². The Morgan fingerprint density at radius 1 is 1.15 bits per heavy atom. The van der Waals surface area contributed by atoms with E-state index in [0.717, 1.165) is 25.7 Å². The Morgan fingerprint density at radius 3 is 2.58 bits per heavy atom. The van der Waals surface area contributed by atoms with Crippen molar-refractivity contribution < 1.29 is 13.2 Å². The van der Waals surface area contributed by atoms with Crippen molar-refractivity contribution in [1.82, 2.24) is 15.4 Å². The summed E-state index contributed by atoms with van der Waals surface area (Å²) in [4.78, 5) is 12.2. The van der Waals surface area contributed by atoms with Crippen LogP contribution in [-0.2, 0) is 10.0 Å². The van der Waals surface area contributed by atoms with Crippen molar-refractivity contribution >= 4 is 15.9 Å². The molecule has 1 aromatic carbocycles. The third-order valence-corrected chi connectivity index (χ3v) is 7.40. The van der Waals surface area contributed by atoms with Crippen molar-refractivity contribution in [3.63, 3.8) is 0 Å². The average Bonchev–Trinajstić information content (AvgIpc) is 2.90. The maximum Gasteiger partial charge on any atom is 0.251 e. The van der Waals surface area contributed by atoms with E-state index in [1.807, 2.05) is 18.2 Å². The molecular formula is C19H29N3O3S. The first-order chi connectivity index (χ1) is 12.3. The van der Waals surface area contributed by atoms with Gasteiger partial charge in [-0.25, -0.2) is 8.42 Å². The molecule has 0 radical (unpaired) electrons. The summed E-state index contributed by atoms with van der Waals surface area (Å²) < 4.78 is 27.4. The van der Waals surface area contributed by atoms with E-state index < -0.39 is 10.0 Å². The fourth-order valence-electron chi connectivity index (χ4n) is 3.90. The van der Waals surface area contributed by atoms with Crippen LogP contribution in [0.4, 0.5) is 0 Å². The number of benzene rings is 1. The molecule has 2 fully saturated rings. The second-order valence-corrected chi connectivity index (χ2v) is 10.2. The molecule has 1 aliphatic heterocycles. The Kier molecular flexibility index (Phi) is 5.69. The predicted octanol–water partition coefficient (Wildman–Crippen LogP) is 1.85. The average molecular weight is 380 g/mol. The van der Waals surface area contributed by atoms with E-state index in [-0.39, 0.29) is 28.7 Å². The molecular weight excluding hydrogens is 350 g/mol. The van der Waals surface area contributed by atoms with Crippen LogP contribution in [0, 0.1) is 11.3 Å². The standard InChI is InChI=1S/C19H29N3O3S/c1-19(2,13-21-18(23)14-8-4-3-5-9-14)12-20-17-15-10-6-7-11-16(15)26(24,25)22-17/h3-5,8-9,15-17,20,22H,6-7,10-13H2,1-2H3,(H,21,23). The highest BCUT2D eigenvalue weighted by Crippen LogP contribution is 2.35. The zero-order valence-electron chi connectivity index (χ0n) is 15.5. The second-order valence-electron chi connectivity index (χ2n) is 8.22. The molecule has 1 amide bonds. The number of amides is 1. The molecule has 26 heavy (non-hydrogen) atoms. The molecule has 3 atom stereocenters. The minimum Gasteiger partial charge on any atom is -0.351 e. The van der Waals surface area contributed by atoms with Gasteiger partial charge >= 0.3 is 0 Å². The maximum absolute atomic E-state index is 12.3. The van der Waals surface area contributed by atoms with E-state index >= 15 is 0 Å². The Bertz CT molecular complexity index is 734. The van der Waals surface area contributed by atoms with Crippen molar-refractivity contribution in [2.45, 2.75) is 50.9 Å². The van der Waals surface area contributed by atoms with Crippen LogP contribution in [0.2, 0.25) is 0 Å². The quantitative estimate of drug-likeness (QED) is 0.704. The molecule has 1 heterocycles. The summed E-state index contributed by atoms with van der Waals surface area (Å²) in [5.74, 6) is 0.0519. The topological polar surface area (TPSA) is 87.3 Å². The first-order valence-electron chi connectivity index (χ1n) is 9.36. The van der Waals surface area contributed by atoms with Gasteiger partial charge in [0, 0.05) is 24.6 Å². The van der Waals surface area contributed by atoms with E-state index in [1.165, 1.54) is 0 Å². The van der Waals surface area contributed by atoms with Gasteiger partial charge in [0.25, 0.3) is 5.91 Å². The fourth-order valence-corrected chi connectivity index (χ4v) is 5.91. The van der Waals surface area contributed by atoms with Crippen LogP contribution in [0.15, 0.2) is 30.3 Å². The van der Waals surface area contributed by atoms with Crippen molar-refractivity contribution in [2.24, 2.45) is 11.3 Å². The number of carbonyl (C=O) groups excluding carboxylic acids is 1. The van der Waals surface area contributed by atoms with Gasteiger partial charge in [-0.15, -0.1) is 0 Å². The number of carbonyl (C=O) groups is 1. The zero-order chi connectivity index (χ0) is 18.8. The first-order valence-corrected chi connectivity index (χ1v) is 10.9. The summed E-state index contributed by atoms with van der Waals surface area (Å²) in [6.07, 6.45) is 3.59. The van der Waals surface area contributed by atoms with E-state index in [0.29, 0.717) is 18.7 Å². The number of sulfonamides is 1. The monoisotopic (exact) mass is 379 g/mol. The zero-order valence-corrected chi connectivity index (χ0v) is 16.3. The SMILES string of the molecule is CC(C)(CNC(=O)c1ccccc1)CNC1NS(=O)(=O)C2CCCCC12. The van der Waals surface area contributed by atoms with Crippen LogP contribution in [0.3, 0.4) is 0 Å². The van der Waals surface area contributed by atoms with Crippen molar-refractivity contribution in [3.05, 3.63) is 35.9 Å². The first kappa shape index (κ1) is 19.3. The maximum atomic E-state index is 12.3. The Morgan fingerprint density at radius 2 is 1.85 bits per heavy atom. The lowest BCUT2D eigenvalue weighted by Gasteiger charge is -2.31. The van der Waals surface area contributed by atoms with Gasteiger partial charge in [0.15, 0.2) is 0 Å². The normalized spacial score (nSPS) is 27.7. The number of hydrogen-bond donors (Lipinski definition) is 3. The van der Waals surface area contributed by atoms with Crippen molar-refractivity contribution in [3.8, 4) is 0 Å². The van der Waals surface area contributed by atoms with Crippen LogP contribution in [0.5, 0.6) is 0 Å². The smallest absolute Gasteiger partial charge is 0.251 e. The van der Waals surface area contributed by atoms with Gasteiger partial charge in [-0.05, 0) is 30.4 Å². The van der Waals surface area contributed by atoms with Crippen LogP contribution >= 0.6 is 0 Å². The van der Waals surface area contributed by atoms with E-state index in [4.69, 9.17) is 0 Å². The second kappa shape index (κ2) is 7.66. The minimum absolute atomic E-state index is 0.0902. The summed E-state index contributed by atoms with van der Waals surface area (Å²) in [6, 6.07) is 9.14. The largest absolute Gasteiger partial charge is 0.351 e. The van der Waals surface area contributed by atoms with E-state index in [1.54, 1.807) is 12.1 Å². The third kappa shape index (κ3) is 4.45. The van der Waals surface area contributed by atoms with Crippen LogP contribution in [-0.4, -0.2) is 38.8 Å². The highest BCUT2D eigenvalue weighted by atomic mass is 32.2. The highest BCUT2D eigenvalue weighted by Gasteiger charge is 2.47. The molecule has 1 saturated heterocycles. The van der Waals surface area contributed by atoms with Gasteiger partial charge in [0.05, 0.1) is 11.4 Å². The molecule has 1 aliphatic carbocycles.